The van der Waals surface area contributed by atoms with Gasteiger partial charge in [-0.05, 0) is 44.7 Å². The van der Waals surface area contributed by atoms with Crippen LogP contribution in [0.5, 0.6) is 0 Å². The number of benzene rings is 1. The van der Waals surface area contributed by atoms with E-state index in [2.05, 4.69) is 59.5 Å². The van der Waals surface area contributed by atoms with E-state index in [1.54, 1.807) is 0 Å². The molecule has 2 fully saturated rings. The maximum Gasteiger partial charge on any atom is 0.0892 e. The van der Waals surface area contributed by atoms with Crippen LogP contribution in [-0.2, 0) is 0 Å². The second-order valence-corrected chi connectivity index (χ2v) is 8.75. The highest BCUT2D eigenvalue weighted by molar-refractivity contribution is 5.25. The van der Waals surface area contributed by atoms with Gasteiger partial charge < -0.3 is 5.11 Å². The van der Waals surface area contributed by atoms with Gasteiger partial charge in [0.25, 0.3) is 0 Å². The van der Waals surface area contributed by atoms with Crippen LogP contribution >= 0.6 is 0 Å². The zero-order valence-electron chi connectivity index (χ0n) is 17.3. The first-order valence-corrected chi connectivity index (χ1v) is 11.1. The molecule has 4 rings (SSSR count). The molecule has 152 valence electrons. The third-order valence-electron chi connectivity index (χ3n) is 6.40. The van der Waals surface area contributed by atoms with Crippen molar-refractivity contribution < 1.29 is 5.11 Å². The number of hydrogen-bond acceptors (Lipinski definition) is 4. The second kappa shape index (κ2) is 8.75. The van der Waals surface area contributed by atoms with Crippen LogP contribution in [0, 0.1) is 6.92 Å². The van der Waals surface area contributed by atoms with Gasteiger partial charge in [0.15, 0.2) is 0 Å². The molecule has 28 heavy (non-hydrogen) atoms. The van der Waals surface area contributed by atoms with Crippen molar-refractivity contribution in [3.05, 3.63) is 47.3 Å². The fraction of sp³-hybridized carbons (Fsp3) is 0.652. The zero-order chi connectivity index (χ0) is 19.5. The van der Waals surface area contributed by atoms with Crippen molar-refractivity contribution in [3.63, 3.8) is 0 Å². The molecular weight excluding hydrogens is 348 g/mol. The van der Waals surface area contributed by atoms with Crippen LogP contribution < -0.4 is 0 Å². The van der Waals surface area contributed by atoms with E-state index < -0.39 is 6.10 Å². The fourth-order valence-electron chi connectivity index (χ4n) is 4.45. The lowest BCUT2D eigenvalue weighted by Gasteiger charge is -2.42. The normalized spacial score (nSPS) is 25.9. The topological polar surface area (TPSA) is 54.2 Å². The number of β-amino-alcohol motifs (C(OH)–C–C–N with tert-alkyl or cyclic N) is 1. The Morgan fingerprint density at radius 3 is 2.61 bits per heavy atom. The van der Waals surface area contributed by atoms with E-state index >= 15 is 0 Å². The lowest BCUT2D eigenvalue weighted by Crippen LogP contribution is -2.46. The van der Waals surface area contributed by atoms with E-state index in [-0.39, 0.29) is 6.04 Å². The van der Waals surface area contributed by atoms with Crippen LogP contribution in [0.3, 0.4) is 0 Å². The SMILES string of the molecule is CCCCCCN1C[C@H](O)[C@@H](n2cc(C3CC3)nn2)C[C@@H]1c1ccc(C)cc1. The van der Waals surface area contributed by atoms with E-state index in [0.29, 0.717) is 18.5 Å². The van der Waals surface area contributed by atoms with Crippen LogP contribution in [0.2, 0.25) is 0 Å². The molecule has 0 spiro atoms. The first-order chi connectivity index (χ1) is 13.7. The van der Waals surface area contributed by atoms with Crippen molar-refractivity contribution in [2.75, 3.05) is 13.1 Å². The van der Waals surface area contributed by atoms with Gasteiger partial charge >= 0.3 is 0 Å². The summed E-state index contributed by atoms with van der Waals surface area (Å²) in [5.74, 6) is 0.595. The van der Waals surface area contributed by atoms with Crippen LogP contribution in [0.15, 0.2) is 30.5 Å². The second-order valence-electron chi connectivity index (χ2n) is 8.75. The molecule has 0 bridgehead atoms. The van der Waals surface area contributed by atoms with Crippen LogP contribution in [0.25, 0.3) is 0 Å². The van der Waals surface area contributed by atoms with Gasteiger partial charge in [-0.15, -0.1) is 5.10 Å². The highest BCUT2D eigenvalue weighted by Gasteiger charge is 2.37. The minimum atomic E-state index is -0.401. The van der Waals surface area contributed by atoms with E-state index in [4.69, 9.17) is 0 Å². The standard InChI is InChI=1S/C23H34N4O/c1-3-4-5-6-13-26-16-23(28)22(27-15-20(24-25-27)18-11-12-18)14-21(26)19-9-7-17(2)8-10-19/h7-10,15,18,21-23,28H,3-6,11-14,16H2,1-2H3/t21-,22+,23+/m1/s1. The third kappa shape index (κ3) is 4.47. The summed E-state index contributed by atoms with van der Waals surface area (Å²) < 4.78 is 1.94. The quantitative estimate of drug-likeness (QED) is 0.688. The predicted molar refractivity (Wildman–Crippen MR) is 111 cm³/mol. The Kier molecular flexibility index (Phi) is 6.12. The third-order valence-corrected chi connectivity index (χ3v) is 6.40. The van der Waals surface area contributed by atoms with E-state index in [9.17, 15) is 5.11 Å². The molecule has 2 heterocycles. The van der Waals surface area contributed by atoms with Gasteiger partial charge in [0.2, 0.25) is 0 Å². The Morgan fingerprint density at radius 2 is 1.89 bits per heavy atom. The molecule has 5 heteroatoms. The average molecular weight is 383 g/mol. The number of aryl methyl sites for hydroxylation is 1. The molecule has 0 amide bonds. The van der Waals surface area contributed by atoms with Crippen LogP contribution in [0.4, 0.5) is 0 Å². The summed E-state index contributed by atoms with van der Waals surface area (Å²) in [6.45, 7) is 6.13. The summed E-state index contributed by atoms with van der Waals surface area (Å²) in [5.41, 5.74) is 3.73. The fourth-order valence-corrected chi connectivity index (χ4v) is 4.45. The number of unbranched alkanes of at least 4 members (excludes halogenated alkanes) is 3. The zero-order valence-corrected chi connectivity index (χ0v) is 17.3. The van der Waals surface area contributed by atoms with Gasteiger partial charge in [0.1, 0.15) is 0 Å². The smallest absolute Gasteiger partial charge is 0.0892 e. The first-order valence-electron chi connectivity index (χ1n) is 11.1. The highest BCUT2D eigenvalue weighted by atomic mass is 16.3. The molecule has 2 aliphatic rings. The van der Waals surface area contributed by atoms with Gasteiger partial charge in [-0.25, -0.2) is 4.68 Å². The van der Waals surface area contributed by atoms with Crippen molar-refractivity contribution in [2.24, 2.45) is 0 Å². The summed E-state index contributed by atoms with van der Waals surface area (Å²) in [7, 11) is 0. The Bertz CT molecular complexity index is 752. The molecule has 2 aromatic rings. The molecular formula is C23H34N4O. The Morgan fingerprint density at radius 1 is 1.11 bits per heavy atom. The molecule has 0 unspecified atom stereocenters. The van der Waals surface area contributed by atoms with Crippen molar-refractivity contribution in [3.8, 4) is 0 Å². The van der Waals surface area contributed by atoms with Crippen LogP contribution in [0.1, 0.15) is 86.7 Å². The number of aliphatic hydroxyl groups is 1. The van der Waals surface area contributed by atoms with Gasteiger partial charge in [-0.1, -0.05) is 61.2 Å². The number of aromatic nitrogens is 3. The number of hydrogen-bond donors (Lipinski definition) is 1. The molecule has 1 aliphatic heterocycles. The van der Waals surface area contributed by atoms with Gasteiger partial charge in [-0.2, -0.15) is 0 Å². The van der Waals surface area contributed by atoms with Crippen molar-refractivity contribution >= 4 is 0 Å². The summed E-state index contributed by atoms with van der Waals surface area (Å²) in [5, 5.41) is 19.7. The van der Waals surface area contributed by atoms with Crippen molar-refractivity contribution in [2.45, 2.75) is 82.9 Å². The maximum absolute atomic E-state index is 10.9. The first kappa shape index (κ1) is 19.6. The Labute approximate surface area is 168 Å². The summed E-state index contributed by atoms with van der Waals surface area (Å²) >= 11 is 0. The molecule has 0 radical (unpaired) electrons. The molecule has 1 saturated heterocycles. The monoisotopic (exact) mass is 382 g/mol. The maximum atomic E-state index is 10.9. The Hall–Kier alpha value is -1.72. The average Bonchev–Trinajstić information content (AvgIpc) is 3.44. The van der Waals surface area contributed by atoms with Gasteiger partial charge in [0.05, 0.1) is 17.8 Å². The predicted octanol–water partition coefficient (Wildman–Crippen LogP) is 4.39. The number of rotatable bonds is 8. The minimum Gasteiger partial charge on any atom is -0.390 e. The van der Waals surface area contributed by atoms with Crippen LogP contribution in [-0.4, -0.2) is 44.2 Å². The van der Waals surface area contributed by atoms with Gasteiger partial charge in [-0.3, -0.25) is 4.90 Å². The van der Waals surface area contributed by atoms with Crippen molar-refractivity contribution in [1.29, 1.82) is 0 Å². The number of piperidine rings is 1. The van der Waals surface area contributed by atoms with Crippen molar-refractivity contribution in [1.82, 2.24) is 19.9 Å². The summed E-state index contributed by atoms with van der Waals surface area (Å²) in [6.07, 6.45) is 10.0. The number of nitrogens with zero attached hydrogens (tertiary/aromatic N) is 4. The number of aliphatic hydroxyl groups excluding tert-OH is 1. The molecule has 1 aromatic heterocycles. The Balaban J connectivity index is 1.52. The largest absolute Gasteiger partial charge is 0.390 e. The molecule has 1 aromatic carbocycles. The molecule has 3 atom stereocenters. The minimum absolute atomic E-state index is 0.00167. The molecule has 1 saturated carbocycles. The number of likely N-dealkylation sites (tertiary alicyclic amines) is 1. The lowest BCUT2D eigenvalue weighted by atomic mass is 9.89. The summed E-state index contributed by atoms with van der Waals surface area (Å²) in [6, 6.07) is 9.23. The molecule has 1 aliphatic carbocycles. The molecule has 1 N–H and O–H groups in total. The molecule has 5 nitrogen and oxygen atoms in total. The lowest BCUT2D eigenvalue weighted by molar-refractivity contribution is -0.0102. The van der Waals surface area contributed by atoms with E-state index in [0.717, 1.165) is 18.7 Å². The van der Waals surface area contributed by atoms with E-state index in [1.807, 2.05) is 4.68 Å². The summed E-state index contributed by atoms with van der Waals surface area (Å²) in [4.78, 5) is 2.49. The van der Waals surface area contributed by atoms with Gasteiger partial charge in [0, 0.05) is 24.7 Å². The van der Waals surface area contributed by atoms with E-state index in [1.165, 1.54) is 49.7 Å². The highest BCUT2D eigenvalue weighted by Crippen LogP contribution is 2.40.